The summed E-state index contributed by atoms with van der Waals surface area (Å²) in [5.74, 6) is 5.72. The first-order valence-corrected chi connectivity index (χ1v) is 7.64. The van der Waals surface area contributed by atoms with Gasteiger partial charge < -0.3 is 10.1 Å². The number of amides is 1. The molecule has 0 saturated carbocycles. The van der Waals surface area contributed by atoms with Crippen molar-refractivity contribution in [3.05, 3.63) is 58.1 Å². The molecule has 22 heavy (non-hydrogen) atoms. The number of nitrogens with two attached hydrogens (primary N) is 1. The molecule has 6 heteroatoms. The predicted octanol–water partition coefficient (Wildman–Crippen LogP) is 2.85. The van der Waals surface area contributed by atoms with Gasteiger partial charge in [-0.25, -0.2) is 5.84 Å². The SMILES string of the molecule is Cc1ccccc1OCCNc1ccc(Br)cc1C(=O)NN. The Labute approximate surface area is 138 Å². The number of para-hydroxylation sites is 1. The second-order valence-electron chi connectivity index (χ2n) is 4.70. The molecule has 0 saturated heterocycles. The summed E-state index contributed by atoms with van der Waals surface area (Å²) < 4.78 is 6.52. The largest absolute Gasteiger partial charge is 0.491 e. The molecular formula is C16H18BrN3O2. The van der Waals surface area contributed by atoms with Gasteiger partial charge >= 0.3 is 0 Å². The molecule has 0 bridgehead atoms. The average molecular weight is 364 g/mol. The molecule has 1 amide bonds. The third kappa shape index (κ3) is 4.22. The number of rotatable bonds is 6. The molecule has 0 aliphatic carbocycles. The lowest BCUT2D eigenvalue weighted by atomic mass is 10.1. The van der Waals surface area contributed by atoms with E-state index in [2.05, 4.69) is 26.7 Å². The van der Waals surface area contributed by atoms with Crippen LogP contribution in [0.3, 0.4) is 0 Å². The molecule has 0 aromatic heterocycles. The molecule has 2 aromatic rings. The highest BCUT2D eigenvalue weighted by atomic mass is 79.9. The smallest absolute Gasteiger partial charge is 0.267 e. The van der Waals surface area contributed by atoms with Gasteiger partial charge in [0.1, 0.15) is 12.4 Å². The maximum absolute atomic E-state index is 11.8. The summed E-state index contributed by atoms with van der Waals surface area (Å²) in [6.07, 6.45) is 0. The third-order valence-electron chi connectivity index (χ3n) is 3.13. The van der Waals surface area contributed by atoms with Gasteiger partial charge in [-0.05, 0) is 36.8 Å². The van der Waals surface area contributed by atoms with E-state index in [0.717, 1.165) is 15.8 Å². The van der Waals surface area contributed by atoms with E-state index in [0.29, 0.717) is 24.4 Å². The number of hydrogen-bond acceptors (Lipinski definition) is 4. The van der Waals surface area contributed by atoms with Crippen LogP contribution in [0.5, 0.6) is 5.75 Å². The number of nitrogens with one attached hydrogen (secondary N) is 2. The molecule has 0 aliphatic rings. The summed E-state index contributed by atoms with van der Waals surface area (Å²) in [6.45, 7) is 3.06. The van der Waals surface area contributed by atoms with Gasteiger partial charge in [-0.3, -0.25) is 10.2 Å². The molecule has 0 atom stereocenters. The summed E-state index contributed by atoms with van der Waals surface area (Å²) in [5.41, 5.74) is 4.42. The van der Waals surface area contributed by atoms with Crippen LogP contribution in [0.4, 0.5) is 5.69 Å². The minimum atomic E-state index is -0.344. The van der Waals surface area contributed by atoms with Crippen LogP contribution in [0.1, 0.15) is 15.9 Å². The van der Waals surface area contributed by atoms with E-state index >= 15 is 0 Å². The number of aryl methyl sites for hydroxylation is 1. The fourth-order valence-corrected chi connectivity index (χ4v) is 2.36. The molecule has 0 spiro atoms. The Kier molecular flexibility index (Phi) is 5.80. The molecule has 2 aromatic carbocycles. The Morgan fingerprint density at radius 2 is 2.05 bits per heavy atom. The average Bonchev–Trinajstić information content (AvgIpc) is 2.53. The number of anilines is 1. The lowest BCUT2D eigenvalue weighted by Gasteiger charge is -2.13. The van der Waals surface area contributed by atoms with E-state index in [1.54, 1.807) is 6.07 Å². The van der Waals surface area contributed by atoms with Gasteiger partial charge in [0, 0.05) is 16.7 Å². The zero-order valence-corrected chi connectivity index (χ0v) is 13.8. The molecule has 4 N–H and O–H groups in total. The van der Waals surface area contributed by atoms with Crippen molar-refractivity contribution in [3.8, 4) is 5.75 Å². The second kappa shape index (κ2) is 7.82. The molecule has 0 aliphatic heterocycles. The van der Waals surface area contributed by atoms with Gasteiger partial charge in [0.25, 0.3) is 5.91 Å². The Bertz CT molecular complexity index is 662. The van der Waals surface area contributed by atoms with E-state index in [1.807, 2.05) is 43.3 Å². The van der Waals surface area contributed by atoms with Crippen LogP contribution in [-0.4, -0.2) is 19.1 Å². The monoisotopic (exact) mass is 363 g/mol. The number of carbonyl (C=O) groups excluding carboxylic acids is 1. The Morgan fingerprint density at radius 1 is 1.27 bits per heavy atom. The number of halogens is 1. The van der Waals surface area contributed by atoms with E-state index < -0.39 is 0 Å². The number of benzene rings is 2. The molecule has 2 rings (SSSR count). The van der Waals surface area contributed by atoms with Crippen molar-refractivity contribution < 1.29 is 9.53 Å². The Balaban J connectivity index is 1.95. The van der Waals surface area contributed by atoms with Crippen molar-refractivity contribution in [3.63, 3.8) is 0 Å². The highest BCUT2D eigenvalue weighted by Gasteiger charge is 2.10. The minimum absolute atomic E-state index is 0.344. The fourth-order valence-electron chi connectivity index (χ4n) is 2.00. The van der Waals surface area contributed by atoms with Gasteiger partial charge in [0.15, 0.2) is 0 Å². The van der Waals surface area contributed by atoms with Crippen molar-refractivity contribution in [2.24, 2.45) is 5.84 Å². The molecule has 0 fully saturated rings. The quantitative estimate of drug-likeness (QED) is 0.319. The van der Waals surface area contributed by atoms with Crippen LogP contribution in [0.15, 0.2) is 46.9 Å². The van der Waals surface area contributed by atoms with Gasteiger partial charge in [-0.1, -0.05) is 34.1 Å². The molecule has 0 radical (unpaired) electrons. The van der Waals surface area contributed by atoms with Crippen LogP contribution in [0.25, 0.3) is 0 Å². The van der Waals surface area contributed by atoms with Crippen molar-refractivity contribution in [1.82, 2.24) is 5.43 Å². The summed E-state index contributed by atoms with van der Waals surface area (Å²) in [7, 11) is 0. The van der Waals surface area contributed by atoms with E-state index in [4.69, 9.17) is 10.6 Å². The normalized spacial score (nSPS) is 10.1. The maximum Gasteiger partial charge on any atom is 0.267 e. The van der Waals surface area contributed by atoms with Crippen LogP contribution >= 0.6 is 15.9 Å². The third-order valence-corrected chi connectivity index (χ3v) is 3.62. The van der Waals surface area contributed by atoms with Crippen molar-refractivity contribution in [2.45, 2.75) is 6.92 Å². The first kappa shape index (κ1) is 16.3. The zero-order chi connectivity index (χ0) is 15.9. The van der Waals surface area contributed by atoms with Crippen LogP contribution < -0.4 is 21.3 Å². The Hall–Kier alpha value is -2.05. The van der Waals surface area contributed by atoms with E-state index in [1.165, 1.54) is 0 Å². The predicted molar refractivity (Wildman–Crippen MR) is 91.0 cm³/mol. The first-order chi connectivity index (χ1) is 10.6. The second-order valence-corrected chi connectivity index (χ2v) is 5.62. The molecule has 0 unspecified atom stereocenters. The van der Waals surface area contributed by atoms with Crippen LogP contribution in [0.2, 0.25) is 0 Å². The number of carbonyl (C=O) groups is 1. The number of nitrogen functional groups attached to an aromatic ring is 1. The summed E-state index contributed by atoms with van der Waals surface area (Å²) in [4.78, 5) is 11.8. The summed E-state index contributed by atoms with van der Waals surface area (Å²) >= 11 is 3.34. The minimum Gasteiger partial charge on any atom is -0.491 e. The molecule has 0 heterocycles. The summed E-state index contributed by atoms with van der Waals surface area (Å²) in [6, 6.07) is 13.2. The number of hydrogen-bond donors (Lipinski definition) is 3. The fraction of sp³-hybridized carbons (Fsp3) is 0.188. The lowest BCUT2D eigenvalue weighted by molar-refractivity contribution is 0.0954. The maximum atomic E-state index is 11.8. The summed E-state index contributed by atoms with van der Waals surface area (Å²) in [5, 5.41) is 3.18. The van der Waals surface area contributed by atoms with Gasteiger partial charge in [-0.15, -0.1) is 0 Å². The van der Waals surface area contributed by atoms with Crippen molar-refractivity contribution >= 4 is 27.5 Å². The van der Waals surface area contributed by atoms with Crippen LogP contribution in [-0.2, 0) is 0 Å². The molecule has 116 valence electrons. The van der Waals surface area contributed by atoms with Crippen molar-refractivity contribution in [1.29, 1.82) is 0 Å². The standard InChI is InChI=1S/C16H18BrN3O2/c1-11-4-2-3-5-15(11)22-9-8-19-14-7-6-12(17)10-13(14)16(21)20-18/h2-7,10,19H,8-9,18H2,1H3,(H,20,21). The van der Waals surface area contributed by atoms with Crippen molar-refractivity contribution in [2.75, 3.05) is 18.5 Å². The Morgan fingerprint density at radius 3 is 2.77 bits per heavy atom. The van der Waals surface area contributed by atoms with Gasteiger partial charge in [0.05, 0.1) is 5.56 Å². The molecule has 5 nitrogen and oxygen atoms in total. The highest BCUT2D eigenvalue weighted by Crippen LogP contribution is 2.21. The highest BCUT2D eigenvalue weighted by molar-refractivity contribution is 9.10. The van der Waals surface area contributed by atoms with E-state index in [9.17, 15) is 4.79 Å². The van der Waals surface area contributed by atoms with Gasteiger partial charge in [0.2, 0.25) is 0 Å². The first-order valence-electron chi connectivity index (χ1n) is 6.84. The topological polar surface area (TPSA) is 76.4 Å². The zero-order valence-electron chi connectivity index (χ0n) is 12.2. The number of hydrazine groups is 1. The lowest BCUT2D eigenvalue weighted by Crippen LogP contribution is -2.30. The molecular weight excluding hydrogens is 346 g/mol. The number of ether oxygens (including phenoxy) is 1. The van der Waals surface area contributed by atoms with Crippen LogP contribution in [0, 0.1) is 6.92 Å². The van der Waals surface area contributed by atoms with Gasteiger partial charge in [-0.2, -0.15) is 0 Å². The van der Waals surface area contributed by atoms with E-state index in [-0.39, 0.29) is 5.91 Å².